The topological polar surface area (TPSA) is 57.3 Å². The van der Waals surface area contributed by atoms with Crippen LogP contribution in [0.15, 0.2) is 18.3 Å². The van der Waals surface area contributed by atoms with Gasteiger partial charge >= 0.3 is 0 Å². The van der Waals surface area contributed by atoms with E-state index < -0.39 is 0 Å². The van der Waals surface area contributed by atoms with Crippen molar-refractivity contribution in [2.24, 2.45) is 0 Å². The van der Waals surface area contributed by atoms with E-state index in [1.807, 2.05) is 6.92 Å². The highest BCUT2D eigenvalue weighted by molar-refractivity contribution is 5.98. The van der Waals surface area contributed by atoms with Crippen LogP contribution in [0.5, 0.6) is 0 Å². The first-order valence-electron chi connectivity index (χ1n) is 6.78. The molecule has 0 aliphatic carbocycles. The lowest BCUT2D eigenvalue weighted by Crippen LogP contribution is -2.42. The molecule has 0 aliphatic heterocycles. The molecule has 0 fully saturated rings. The molecule has 1 aromatic rings. The van der Waals surface area contributed by atoms with Gasteiger partial charge in [0, 0.05) is 25.8 Å². The van der Waals surface area contributed by atoms with Gasteiger partial charge in [-0.05, 0) is 32.1 Å². The van der Waals surface area contributed by atoms with E-state index >= 15 is 0 Å². The van der Waals surface area contributed by atoms with Gasteiger partial charge in [-0.25, -0.2) is 4.98 Å². The van der Waals surface area contributed by atoms with Crippen LogP contribution in [0.2, 0.25) is 0 Å². The minimum Gasteiger partial charge on any atom is -0.372 e. The Morgan fingerprint density at radius 3 is 2.68 bits per heavy atom. The number of likely N-dealkylation sites (N-methyl/N-ethyl adjacent to an activating group) is 1. The van der Waals surface area contributed by atoms with Crippen molar-refractivity contribution in [2.45, 2.75) is 26.8 Å². The Balaban J connectivity index is 2.63. The molecule has 5 heteroatoms. The average Bonchev–Trinajstić information content (AvgIpc) is 2.44. The zero-order valence-electron chi connectivity index (χ0n) is 12.2. The number of nitrogens with zero attached hydrogens (tertiary/aromatic N) is 2. The minimum atomic E-state index is -0.0860. The molecule has 0 saturated carbocycles. The lowest BCUT2D eigenvalue weighted by molar-refractivity contribution is 0.0931. The predicted octanol–water partition coefficient (Wildman–Crippen LogP) is 1.58. The lowest BCUT2D eigenvalue weighted by atomic mass is 10.2. The summed E-state index contributed by atoms with van der Waals surface area (Å²) in [6, 6.07) is 3.65. The number of amides is 1. The highest BCUT2D eigenvalue weighted by atomic mass is 16.1. The summed E-state index contributed by atoms with van der Waals surface area (Å²) in [5, 5.41) is 5.94. The summed E-state index contributed by atoms with van der Waals surface area (Å²) < 4.78 is 0. The van der Waals surface area contributed by atoms with Crippen LogP contribution < -0.4 is 10.6 Å². The number of hydrogen-bond donors (Lipinski definition) is 2. The Morgan fingerprint density at radius 1 is 1.42 bits per heavy atom. The van der Waals surface area contributed by atoms with Gasteiger partial charge in [0.25, 0.3) is 5.91 Å². The van der Waals surface area contributed by atoms with Crippen LogP contribution in [0.25, 0.3) is 0 Å². The molecule has 5 nitrogen and oxygen atoms in total. The molecule has 0 spiro atoms. The normalized spacial score (nSPS) is 12.3. The second-order valence-corrected chi connectivity index (χ2v) is 4.51. The number of carbonyl (C=O) groups is 1. The van der Waals surface area contributed by atoms with Crippen LogP contribution in [0, 0.1) is 0 Å². The number of nitrogens with one attached hydrogen (secondary N) is 2. The molecule has 106 valence electrons. The molecule has 0 aromatic carbocycles. The van der Waals surface area contributed by atoms with Crippen molar-refractivity contribution in [3.05, 3.63) is 23.9 Å². The average molecular weight is 264 g/mol. The Bertz CT molecular complexity index is 404. The van der Waals surface area contributed by atoms with Crippen molar-refractivity contribution in [3.63, 3.8) is 0 Å². The van der Waals surface area contributed by atoms with E-state index in [1.165, 1.54) is 0 Å². The molecule has 1 amide bonds. The van der Waals surface area contributed by atoms with Crippen LogP contribution >= 0.6 is 0 Å². The highest BCUT2D eigenvalue weighted by Gasteiger charge is 2.15. The molecule has 0 aliphatic rings. The molecule has 0 bridgehead atoms. The summed E-state index contributed by atoms with van der Waals surface area (Å²) in [4.78, 5) is 18.6. The van der Waals surface area contributed by atoms with Crippen molar-refractivity contribution >= 4 is 11.7 Å². The molecule has 0 saturated heterocycles. The zero-order valence-corrected chi connectivity index (χ0v) is 12.2. The fraction of sp³-hybridized carbons (Fsp3) is 0.571. The number of hydrogen-bond acceptors (Lipinski definition) is 4. The molecule has 1 aromatic heterocycles. The summed E-state index contributed by atoms with van der Waals surface area (Å²) >= 11 is 0. The Kier molecular flexibility index (Phi) is 6.29. The summed E-state index contributed by atoms with van der Waals surface area (Å²) in [7, 11) is 1.76. The Labute approximate surface area is 115 Å². The smallest absolute Gasteiger partial charge is 0.255 e. The van der Waals surface area contributed by atoms with E-state index in [0.29, 0.717) is 11.4 Å². The largest absolute Gasteiger partial charge is 0.372 e. The minimum absolute atomic E-state index is 0.0860. The number of pyridine rings is 1. The third kappa shape index (κ3) is 4.52. The van der Waals surface area contributed by atoms with Crippen molar-refractivity contribution in [3.8, 4) is 0 Å². The van der Waals surface area contributed by atoms with Gasteiger partial charge in [-0.15, -0.1) is 0 Å². The SMILES string of the molecule is CCN(CC)CC(C)NC(=O)c1cccnc1NC. The van der Waals surface area contributed by atoms with E-state index in [-0.39, 0.29) is 11.9 Å². The van der Waals surface area contributed by atoms with Gasteiger partial charge in [0.15, 0.2) is 0 Å². The molecule has 1 heterocycles. The van der Waals surface area contributed by atoms with Crippen molar-refractivity contribution in [2.75, 3.05) is 32.0 Å². The van der Waals surface area contributed by atoms with Gasteiger partial charge in [-0.1, -0.05) is 13.8 Å². The Morgan fingerprint density at radius 2 is 2.11 bits per heavy atom. The first-order valence-corrected chi connectivity index (χ1v) is 6.78. The maximum Gasteiger partial charge on any atom is 0.255 e. The second-order valence-electron chi connectivity index (χ2n) is 4.51. The van der Waals surface area contributed by atoms with E-state index in [4.69, 9.17) is 0 Å². The van der Waals surface area contributed by atoms with Gasteiger partial charge in [-0.2, -0.15) is 0 Å². The first kappa shape index (κ1) is 15.4. The fourth-order valence-electron chi connectivity index (χ4n) is 2.00. The number of aromatic nitrogens is 1. The maximum absolute atomic E-state index is 12.2. The fourth-order valence-corrected chi connectivity index (χ4v) is 2.00. The number of anilines is 1. The molecule has 19 heavy (non-hydrogen) atoms. The number of rotatable bonds is 7. The van der Waals surface area contributed by atoms with Crippen LogP contribution in [0.3, 0.4) is 0 Å². The van der Waals surface area contributed by atoms with Gasteiger partial charge < -0.3 is 15.5 Å². The molecular weight excluding hydrogens is 240 g/mol. The lowest BCUT2D eigenvalue weighted by Gasteiger charge is -2.23. The van der Waals surface area contributed by atoms with E-state index in [1.54, 1.807) is 25.4 Å². The van der Waals surface area contributed by atoms with Gasteiger partial charge in [0.2, 0.25) is 0 Å². The molecular formula is C14H24N4O. The van der Waals surface area contributed by atoms with Crippen LogP contribution in [-0.4, -0.2) is 48.5 Å². The van der Waals surface area contributed by atoms with E-state index in [0.717, 1.165) is 19.6 Å². The monoisotopic (exact) mass is 264 g/mol. The highest BCUT2D eigenvalue weighted by Crippen LogP contribution is 2.10. The molecule has 1 rings (SSSR count). The standard InChI is InChI=1S/C14H24N4O/c1-5-18(6-2)10-11(3)17-14(19)12-8-7-9-16-13(12)15-4/h7-9,11H,5-6,10H2,1-4H3,(H,15,16)(H,17,19). The van der Waals surface area contributed by atoms with Crippen molar-refractivity contribution in [1.82, 2.24) is 15.2 Å². The van der Waals surface area contributed by atoms with Crippen LogP contribution in [-0.2, 0) is 0 Å². The third-order valence-corrected chi connectivity index (χ3v) is 3.09. The number of carbonyl (C=O) groups excluding carboxylic acids is 1. The zero-order chi connectivity index (χ0) is 14.3. The first-order chi connectivity index (χ1) is 9.12. The molecule has 1 unspecified atom stereocenters. The third-order valence-electron chi connectivity index (χ3n) is 3.09. The van der Waals surface area contributed by atoms with Gasteiger partial charge in [0.05, 0.1) is 5.56 Å². The second kappa shape index (κ2) is 7.74. The molecule has 2 N–H and O–H groups in total. The van der Waals surface area contributed by atoms with E-state index in [2.05, 4.69) is 34.4 Å². The molecule has 0 radical (unpaired) electrons. The predicted molar refractivity (Wildman–Crippen MR) is 78.5 cm³/mol. The Hall–Kier alpha value is -1.62. The summed E-state index contributed by atoms with van der Waals surface area (Å²) in [5.74, 6) is 0.521. The summed E-state index contributed by atoms with van der Waals surface area (Å²) in [5.41, 5.74) is 0.580. The van der Waals surface area contributed by atoms with Crippen molar-refractivity contribution in [1.29, 1.82) is 0 Å². The van der Waals surface area contributed by atoms with Gasteiger partial charge in [-0.3, -0.25) is 4.79 Å². The van der Waals surface area contributed by atoms with Gasteiger partial charge in [0.1, 0.15) is 5.82 Å². The molecule has 1 atom stereocenters. The quantitative estimate of drug-likeness (QED) is 0.785. The summed E-state index contributed by atoms with van der Waals surface area (Å²) in [6.07, 6.45) is 1.67. The summed E-state index contributed by atoms with van der Waals surface area (Å²) in [6.45, 7) is 9.10. The van der Waals surface area contributed by atoms with Crippen LogP contribution in [0.4, 0.5) is 5.82 Å². The van der Waals surface area contributed by atoms with E-state index in [9.17, 15) is 4.79 Å². The van der Waals surface area contributed by atoms with Crippen molar-refractivity contribution < 1.29 is 4.79 Å². The van der Waals surface area contributed by atoms with Crippen LogP contribution in [0.1, 0.15) is 31.1 Å². The maximum atomic E-state index is 12.2.